The second kappa shape index (κ2) is 3.86. The molecule has 2 unspecified atom stereocenters. The molecule has 0 saturated heterocycles. The summed E-state index contributed by atoms with van der Waals surface area (Å²) in [5.74, 6) is 0. The van der Waals surface area contributed by atoms with Crippen LogP contribution in [-0.4, -0.2) is 11.2 Å². The van der Waals surface area contributed by atoms with Crippen LogP contribution in [0.25, 0.3) is 0 Å². The molecule has 0 bridgehead atoms. The van der Waals surface area contributed by atoms with E-state index < -0.39 is 12.1 Å². The second-order valence-corrected chi connectivity index (χ2v) is 2.51. The highest BCUT2D eigenvalue weighted by Gasteiger charge is 2.14. The van der Waals surface area contributed by atoms with E-state index in [0.29, 0.717) is 0 Å². The highest BCUT2D eigenvalue weighted by Crippen LogP contribution is 2.12. The van der Waals surface area contributed by atoms with Gasteiger partial charge in [0.2, 0.25) is 0 Å². The van der Waals surface area contributed by atoms with Crippen molar-refractivity contribution in [3.8, 4) is 6.07 Å². The lowest BCUT2D eigenvalue weighted by atomic mass is 10.0. The molecule has 62 valence electrons. The van der Waals surface area contributed by atoms with Crippen molar-refractivity contribution >= 4 is 0 Å². The summed E-state index contributed by atoms with van der Waals surface area (Å²) in [5.41, 5.74) is 6.35. The molecule has 1 aromatic carbocycles. The van der Waals surface area contributed by atoms with Crippen molar-refractivity contribution in [2.75, 3.05) is 0 Å². The lowest BCUT2D eigenvalue weighted by Crippen LogP contribution is -2.24. The smallest absolute Gasteiger partial charge is 0.159 e. The first-order valence-corrected chi connectivity index (χ1v) is 3.64. The van der Waals surface area contributed by atoms with E-state index in [1.807, 2.05) is 18.2 Å². The van der Waals surface area contributed by atoms with Crippen LogP contribution in [0.5, 0.6) is 0 Å². The van der Waals surface area contributed by atoms with Gasteiger partial charge in [0.25, 0.3) is 0 Å². The summed E-state index contributed by atoms with van der Waals surface area (Å²) in [6.07, 6.45) is -1.13. The zero-order valence-electron chi connectivity index (χ0n) is 6.51. The van der Waals surface area contributed by atoms with E-state index >= 15 is 0 Å². The quantitative estimate of drug-likeness (QED) is 0.624. The van der Waals surface area contributed by atoms with Crippen molar-refractivity contribution in [2.45, 2.75) is 12.1 Å². The van der Waals surface area contributed by atoms with Crippen molar-refractivity contribution in [1.82, 2.24) is 0 Å². The SMILES string of the molecule is N#CC(O)C(N)c1ccccc1. The Bertz CT molecular complexity index is 278. The van der Waals surface area contributed by atoms with E-state index in [2.05, 4.69) is 0 Å². The Morgan fingerprint density at radius 3 is 2.42 bits per heavy atom. The van der Waals surface area contributed by atoms with Gasteiger partial charge in [0.1, 0.15) is 0 Å². The van der Waals surface area contributed by atoms with E-state index in [0.717, 1.165) is 5.56 Å². The van der Waals surface area contributed by atoms with Crippen molar-refractivity contribution in [2.24, 2.45) is 5.73 Å². The van der Waals surface area contributed by atoms with E-state index in [9.17, 15) is 0 Å². The Kier molecular flexibility index (Phi) is 2.81. The van der Waals surface area contributed by atoms with Gasteiger partial charge in [-0.1, -0.05) is 30.3 Å². The fraction of sp³-hybridized carbons (Fsp3) is 0.222. The molecule has 0 fully saturated rings. The largest absolute Gasteiger partial charge is 0.376 e. The van der Waals surface area contributed by atoms with Crippen LogP contribution in [0.4, 0.5) is 0 Å². The Morgan fingerprint density at radius 1 is 1.33 bits per heavy atom. The molecule has 1 aromatic rings. The third-order valence-corrected chi connectivity index (χ3v) is 1.66. The van der Waals surface area contributed by atoms with E-state index in [1.165, 1.54) is 0 Å². The Morgan fingerprint density at radius 2 is 1.92 bits per heavy atom. The average molecular weight is 162 g/mol. The topological polar surface area (TPSA) is 70.0 Å². The molecule has 3 N–H and O–H groups in total. The highest BCUT2D eigenvalue weighted by molar-refractivity contribution is 5.21. The van der Waals surface area contributed by atoms with Crippen LogP contribution < -0.4 is 5.73 Å². The van der Waals surface area contributed by atoms with Gasteiger partial charge >= 0.3 is 0 Å². The molecule has 0 spiro atoms. The van der Waals surface area contributed by atoms with Crippen molar-refractivity contribution < 1.29 is 5.11 Å². The molecule has 0 aliphatic rings. The average Bonchev–Trinajstić information content (AvgIpc) is 2.17. The number of aliphatic hydroxyl groups excluding tert-OH is 1. The van der Waals surface area contributed by atoms with Gasteiger partial charge in [-0.25, -0.2) is 0 Å². The molecule has 0 amide bonds. The van der Waals surface area contributed by atoms with Crippen LogP contribution in [0.3, 0.4) is 0 Å². The van der Waals surface area contributed by atoms with Crippen LogP contribution >= 0.6 is 0 Å². The molecule has 0 aliphatic heterocycles. The molecule has 2 atom stereocenters. The van der Waals surface area contributed by atoms with Gasteiger partial charge in [-0.15, -0.1) is 0 Å². The molecule has 12 heavy (non-hydrogen) atoms. The van der Waals surface area contributed by atoms with Crippen molar-refractivity contribution in [3.63, 3.8) is 0 Å². The van der Waals surface area contributed by atoms with Gasteiger partial charge in [0, 0.05) is 0 Å². The minimum atomic E-state index is -1.13. The summed E-state index contributed by atoms with van der Waals surface area (Å²) >= 11 is 0. The van der Waals surface area contributed by atoms with Crippen LogP contribution in [0.2, 0.25) is 0 Å². The highest BCUT2D eigenvalue weighted by atomic mass is 16.3. The van der Waals surface area contributed by atoms with Gasteiger partial charge in [-0.05, 0) is 5.56 Å². The first-order valence-electron chi connectivity index (χ1n) is 3.64. The molecule has 0 aromatic heterocycles. The number of nitrogens with zero attached hydrogens (tertiary/aromatic N) is 1. The zero-order chi connectivity index (χ0) is 8.97. The number of hydrogen-bond donors (Lipinski definition) is 2. The lowest BCUT2D eigenvalue weighted by Gasteiger charge is -2.11. The number of benzene rings is 1. The Hall–Kier alpha value is -1.37. The summed E-state index contributed by atoms with van der Waals surface area (Å²) in [6.45, 7) is 0. The van der Waals surface area contributed by atoms with Crippen molar-refractivity contribution in [3.05, 3.63) is 35.9 Å². The van der Waals surface area contributed by atoms with Crippen LogP contribution in [0.1, 0.15) is 11.6 Å². The third kappa shape index (κ3) is 1.82. The van der Waals surface area contributed by atoms with Gasteiger partial charge in [-0.3, -0.25) is 0 Å². The standard InChI is InChI=1S/C9H10N2O/c10-6-8(12)9(11)7-4-2-1-3-5-7/h1-5,8-9,12H,11H2. The first kappa shape index (κ1) is 8.72. The van der Waals surface area contributed by atoms with Gasteiger partial charge in [0.15, 0.2) is 6.10 Å². The van der Waals surface area contributed by atoms with E-state index in [1.54, 1.807) is 18.2 Å². The Balaban J connectivity index is 2.80. The van der Waals surface area contributed by atoms with Gasteiger partial charge in [-0.2, -0.15) is 5.26 Å². The number of aliphatic hydroxyl groups is 1. The summed E-state index contributed by atoms with van der Waals surface area (Å²) in [5, 5.41) is 17.5. The summed E-state index contributed by atoms with van der Waals surface area (Å²) in [4.78, 5) is 0. The molecule has 0 radical (unpaired) electrons. The molecule has 1 rings (SSSR count). The molecule has 3 heteroatoms. The van der Waals surface area contributed by atoms with Gasteiger partial charge in [0.05, 0.1) is 12.1 Å². The van der Waals surface area contributed by atoms with Crippen LogP contribution in [-0.2, 0) is 0 Å². The second-order valence-electron chi connectivity index (χ2n) is 2.51. The molecule has 0 heterocycles. The maximum Gasteiger partial charge on any atom is 0.159 e. The van der Waals surface area contributed by atoms with Crippen LogP contribution in [0, 0.1) is 11.3 Å². The molecular formula is C9H10N2O. The minimum Gasteiger partial charge on any atom is -0.376 e. The zero-order valence-corrected chi connectivity index (χ0v) is 6.51. The number of nitrogens with two attached hydrogens (primary N) is 1. The normalized spacial score (nSPS) is 14.8. The fourth-order valence-corrected chi connectivity index (χ4v) is 0.938. The maximum atomic E-state index is 9.09. The maximum absolute atomic E-state index is 9.09. The lowest BCUT2D eigenvalue weighted by molar-refractivity contribution is 0.199. The molecule has 0 saturated carbocycles. The number of hydrogen-bond acceptors (Lipinski definition) is 3. The molecular weight excluding hydrogens is 152 g/mol. The minimum absolute atomic E-state index is 0.615. The number of rotatable bonds is 2. The predicted octanol–water partition coefficient (Wildman–Crippen LogP) is 0.571. The third-order valence-electron chi connectivity index (χ3n) is 1.66. The monoisotopic (exact) mass is 162 g/mol. The first-order chi connectivity index (χ1) is 5.75. The fourth-order valence-electron chi connectivity index (χ4n) is 0.938. The summed E-state index contributed by atoms with van der Waals surface area (Å²) < 4.78 is 0. The molecule has 0 aliphatic carbocycles. The predicted molar refractivity (Wildman–Crippen MR) is 45.0 cm³/mol. The Labute approximate surface area is 71.1 Å². The van der Waals surface area contributed by atoms with Crippen molar-refractivity contribution in [1.29, 1.82) is 5.26 Å². The van der Waals surface area contributed by atoms with E-state index in [-0.39, 0.29) is 0 Å². The van der Waals surface area contributed by atoms with E-state index in [4.69, 9.17) is 16.1 Å². The van der Waals surface area contributed by atoms with Gasteiger partial charge < -0.3 is 10.8 Å². The van der Waals surface area contributed by atoms with Crippen LogP contribution in [0.15, 0.2) is 30.3 Å². The molecule has 3 nitrogen and oxygen atoms in total. The number of nitriles is 1. The summed E-state index contributed by atoms with van der Waals surface area (Å²) in [6, 6.07) is 10.1. The summed E-state index contributed by atoms with van der Waals surface area (Å²) in [7, 11) is 0.